The molecule has 0 aliphatic carbocycles. The molecule has 0 saturated carbocycles. The van der Waals surface area contributed by atoms with Crippen molar-refractivity contribution >= 4 is 28.2 Å². The summed E-state index contributed by atoms with van der Waals surface area (Å²) in [5.74, 6) is -0.485. The van der Waals surface area contributed by atoms with Gasteiger partial charge in [0.15, 0.2) is 0 Å². The van der Waals surface area contributed by atoms with Crippen molar-refractivity contribution in [1.29, 1.82) is 0 Å². The van der Waals surface area contributed by atoms with Crippen LogP contribution in [0.5, 0.6) is 0 Å². The zero-order valence-electron chi connectivity index (χ0n) is 19.5. The van der Waals surface area contributed by atoms with Gasteiger partial charge in [-0.1, -0.05) is 72.3 Å². The number of aromatic nitrogens is 1. The van der Waals surface area contributed by atoms with Crippen molar-refractivity contribution in [3.63, 3.8) is 0 Å². The second kappa shape index (κ2) is 10.2. The van der Waals surface area contributed by atoms with Crippen LogP contribution in [0, 0.1) is 5.82 Å². The third-order valence-electron chi connectivity index (χ3n) is 6.15. The summed E-state index contributed by atoms with van der Waals surface area (Å²) in [7, 11) is 0. The molecule has 0 saturated heterocycles. The standard InChI is InChI=1S/C30H21ClF4N2/c31-26-15-20(12-13-27(26)32)17-36-23-9-4-8-21(16-23)28-22(14-19-6-2-1-3-7-19)18-37-29-24(28)10-5-11-25(29)30(33,34)35/h1-13,15-16,18,36H,14,17H2. The molecule has 0 atom stereocenters. The number of para-hydroxylation sites is 1. The largest absolute Gasteiger partial charge is 0.418 e. The lowest BCUT2D eigenvalue weighted by Crippen LogP contribution is -2.07. The lowest BCUT2D eigenvalue weighted by molar-refractivity contribution is -0.136. The fraction of sp³-hybridized carbons (Fsp3) is 0.100. The highest BCUT2D eigenvalue weighted by Gasteiger charge is 2.33. The first kappa shape index (κ1) is 24.8. The van der Waals surface area contributed by atoms with Crippen LogP contribution in [-0.2, 0) is 19.1 Å². The normalized spacial score (nSPS) is 11.6. The number of alkyl halides is 3. The molecule has 0 spiro atoms. The number of fused-ring (bicyclic) bond motifs is 1. The molecule has 0 amide bonds. The molecule has 0 unspecified atom stereocenters. The predicted octanol–water partition coefficient (Wildman–Crippen LogP) is 8.92. The number of benzene rings is 4. The van der Waals surface area contributed by atoms with Crippen LogP contribution in [0.3, 0.4) is 0 Å². The summed E-state index contributed by atoms with van der Waals surface area (Å²) < 4.78 is 54.9. The minimum absolute atomic E-state index is 0.0438. The predicted molar refractivity (Wildman–Crippen MR) is 140 cm³/mol. The molecule has 0 aliphatic heterocycles. The smallest absolute Gasteiger partial charge is 0.381 e. The fourth-order valence-electron chi connectivity index (χ4n) is 4.42. The monoisotopic (exact) mass is 520 g/mol. The molecule has 4 aromatic carbocycles. The lowest BCUT2D eigenvalue weighted by atomic mass is 9.91. The van der Waals surface area contributed by atoms with Gasteiger partial charge < -0.3 is 5.32 Å². The molecule has 37 heavy (non-hydrogen) atoms. The van der Waals surface area contributed by atoms with Crippen LogP contribution in [0.4, 0.5) is 23.2 Å². The van der Waals surface area contributed by atoms with Crippen LogP contribution < -0.4 is 5.32 Å². The fourth-order valence-corrected chi connectivity index (χ4v) is 4.63. The molecule has 1 N–H and O–H groups in total. The van der Waals surface area contributed by atoms with Crippen LogP contribution in [0.2, 0.25) is 5.02 Å². The Morgan fingerprint density at radius 1 is 0.811 bits per heavy atom. The minimum atomic E-state index is -4.52. The zero-order chi connectivity index (χ0) is 26.0. The second-order valence-electron chi connectivity index (χ2n) is 8.70. The van der Waals surface area contributed by atoms with Gasteiger partial charge in [0.25, 0.3) is 0 Å². The Labute approximate surface area is 216 Å². The van der Waals surface area contributed by atoms with Gasteiger partial charge in [-0.3, -0.25) is 4.98 Å². The Morgan fingerprint density at radius 3 is 2.35 bits per heavy atom. The number of anilines is 1. The van der Waals surface area contributed by atoms with Crippen LogP contribution in [0.15, 0.2) is 97.2 Å². The summed E-state index contributed by atoms with van der Waals surface area (Å²) in [5.41, 5.74) is 4.03. The van der Waals surface area contributed by atoms with E-state index in [2.05, 4.69) is 10.3 Å². The van der Waals surface area contributed by atoms with E-state index in [0.29, 0.717) is 23.9 Å². The van der Waals surface area contributed by atoms with Gasteiger partial charge in [-0.15, -0.1) is 0 Å². The van der Waals surface area contributed by atoms with E-state index in [4.69, 9.17) is 11.6 Å². The van der Waals surface area contributed by atoms with Crippen LogP contribution in [-0.4, -0.2) is 4.98 Å². The van der Waals surface area contributed by atoms with E-state index in [9.17, 15) is 17.6 Å². The van der Waals surface area contributed by atoms with Crippen molar-refractivity contribution in [2.24, 2.45) is 0 Å². The van der Waals surface area contributed by atoms with E-state index in [1.165, 1.54) is 12.1 Å². The molecule has 1 heterocycles. The molecule has 186 valence electrons. The number of nitrogens with zero attached hydrogens (tertiary/aromatic N) is 1. The SMILES string of the molecule is Fc1ccc(CNc2cccc(-c3c(Cc4ccccc4)cnc4c(C(F)(F)F)cccc34)c2)cc1Cl. The first-order chi connectivity index (χ1) is 17.8. The van der Waals surface area contributed by atoms with Crippen LogP contribution >= 0.6 is 11.6 Å². The Bertz CT molecular complexity index is 1570. The Balaban J connectivity index is 1.59. The first-order valence-electron chi connectivity index (χ1n) is 11.6. The van der Waals surface area contributed by atoms with E-state index in [-0.39, 0.29) is 10.5 Å². The van der Waals surface area contributed by atoms with Crippen molar-refractivity contribution in [1.82, 2.24) is 4.98 Å². The van der Waals surface area contributed by atoms with Gasteiger partial charge in [-0.2, -0.15) is 13.2 Å². The van der Waals surface area contributed by atoms with Crippen molar-refractivity contribution in [3.8, 4) is 11.1 Å². The topological polar surface area (TPSA) is 24.9 Å². The Hall–Kier alpha value is -3.90. The summed E-state index contributed by atoms with van der Waals surface area (Å²) in [5, 5.41) is 3.77. The summed E-state index contributed by atoms with van der Waals surface area (Å²) in [6.45, 7) is 0.398. The summed E-state index contributed by atoms with van der Waals surface area (Å²) in [6, 6.07) is 25.9. The third-order valence-corrected chi connectivity index (χ3v) is 6.44. The molecule has 2 nitrogen and oxygen atoms in total. The van der Waals surface area contributed by atoms with Gasteiger partial charge in [0.1, 0.15) is 5.82 Å². The number of hydrogen-bond donors (Lipinski definition) is 1. The Morgan fingerprint density at radius 2 is 1.59 bits per heavy atom. The highest BCUT2D eigenvalue weighted by molar-refractivity contribution is 6.30. The molecular weight excluding hydrogens is 500 g/mol. The second-order valence-corrected chi connectivity index (χ2v) is 9.11. The van der Waals surface area contributed by atoms with Crippen molar-refractivity contribution < 1.29 is 17.6 Å². The Kier molecular flexibility index (Phi) is 6.85. The summed E-state index contributed by atoms with van der Waals surface area (Å²) in [4.78, 5) is 4.26. The lowest BCUT2D eigenvalue weighted by Gasteiger charge is -2.17. The molecule has 1 aromatic heterocycles. The number of halogens is 5. The van der Waals surface area contributed by atoms with E-state index < -0.39 is 17.6 Å². The highest BCUT2D eigenvalue weighted by atomic mass is 35.5. The number of hydrogen-bond acceptors (Lipinski definition) is 2. The number of rotatable bonds is 6. The van der Waals surface area contributed by atoms with E-state index in [1.54, 1.807) is 24.4 Å². The van der Waals surface area contributed by atoms with Gasteiger partial charge >= 0.3 is 6.18 Å². The van der Waals surface area contributed by atoms with E-state index in [0.717, 1.165) is 34.0 Å². The molecule has 5 rings (SSSR count). The maximum absolute atomic E-state index is 13.8. The van der Waals surface area contributed by atoms with Crippen molar-refractivity contribution in [3.05, 3.63) is 130 Å². The number of pyridine rings is 1. The van der Waals surface area contributed by atoms with Crippen LogP contribution in [0.25, 0.3) is 22.0 Å². The molecule has 0 radical (unpaired) electrons. The highest BCUT2D eigenvalue weighted by Crippen LogP contribution is 2.39. The maximum Gasteiger partial charge on any atom is 0.418 e. The van der Waals surface area contributed by atoms with Gasteiger partial charge in [-0.25, -0.2) is 4.39 Å². The van der Waals surface area contributed by atoms with Gasteiger partial charge in [-0.05, 0) is 64.6 Å². The third kappa shape index (κ3) is 5.44. The minimum Gasteiger partial charge on any atom is -0.381 e. The molecular formula is C30H21ClF4N2. The average molecular weight is 521 g/mol. The van der Waals surface area contributed by atoms with Gasteiger partial charge in [0.05, 0.1) is 16.1 Å². The van der Waals surface area contributed by atoms with E-state index in [1.807, 2.05) is 54.6 Å². The molecule has 0 aliphatic rings. The van der Waals surface area contributed by atoms with Crippen molar-refractivity contribution in [2.75, 3.05) is 5.32 Å². The molecule has 0 fully saturated rings. The van der Waals surface area contributed by atoms with Crippen molar-refractivity contribution in [2.45, 2.75) is 19.1 Å². The molecule has 0 bridgehead atoms. The van der Waals surface area contributed by atoms with Gasteiger partial charge in [0, 0.05) is 23.8 Å². The van der Waals surface area contributed by atoms with Gasteiger partial charge in [0.2, 0.25) is 0 Å². The van der Waals surface area contributed by atoms with Crippen LogP contribution in [0.1, 0.15) is 22.3 Å². The van der Waals surface area contributed by atoms with E-state index >= 15 is 0 Å². The first-order valence-corrected chi connectivity index (χ1v) is 12.0. The maximum atomic E-state index is 13.8. The molecule has 5 aromatic rings. The quantitative estimate of drug-likeness (QED) is 0.226. The number of nitrogens with one attached hydrogen (secondary N) is 1. The summed E-state index contributed by atoms with van der Waals surface area (Å²) >= 11 is 5.90. The average Bonchev–Trinajstić information content (AvgIpc) is 2.89. The zero-order valence-corrected chi connectivity index (χ0v) is 20.2. The molecule has 7 heteroatoms. The summed E-state index contributed by atoms with van der Waals surface area (Å²) in [6.07, 6.45) is -2.47.